The first-order valence-electron chi connectivity index (χ1n) is 10.1. The number of hydrogen-bond donors (Lipinski definition) is 2. The van der Waals surface area contributed by atoms with Gasteiger partial charge in [0.1, 0.15) is 12.4 Å². The molecule has 2 aromatic rings. The van der Waals surface area contributed by atoms with Crippen LogP contribution in [0.3, 0.4) is 0 Å². The number of carboxylic acid groups (broad SMARTS) is 1. The van der Waals surface area contributed by atoms with E-state index in [1.165, 1.54) is 12.1 Å². The fourth-order valence-electron chi connectivity index (χ4n) is 3.64. The minimum atomic E-state index is -0.952. The Balaban J connectivity index is 1.37. The molecule has 0 unspecified atom stereocenters. The molecule has 6 nitrogen and oxygen atoms in total. The van der Waals surface area contributed by atoms with E-state index >= 15 is 0 Å². The molecular formula is C23H26FNO5. The lowest BCUT2D eigenvalue weighted by molar-refractivity contribution is -0.142. The fourth-order valence-corrected chi connectivity index (χ4v) is 3.64. The van der Waals surface area contributed by atoms with Gasteiger partial charge in [0, 0.05) is 5.69 Å². The third kappa shape index (κ3) is 6.84. The summed E-state index contributed by atoms with van der Waals surface area (Å²) in [5.41, 5.74) is 2.24. The molecule has 0 bridgehead atoms. The van der Waals surface area contributed by atoms with E-state index in [9.17, 15) is 14.0 Å². The molecule has 0 heterocycles. The van der Waals surface area contributed by atoms with Gasteiger partial charge >= 0.3 is 12.1 Å². The van der Waals surface area contributed by atoms with Crippen molar-refractivity contribution in [2.75, 3.05) is 25.1 Å². The predicted octanol–water partition coefficient (Wildman–Crippen LogP) is 4.95. The van der Waals surface area contributed by atoms with Gasteiger partial charge in [0.15, 0.2) is 0 Å². The summed E-state index contributed by atoms with van der Waals surface area (Å²) < 4.78 is 23.9. The molecule has 2 aromatic carbocycles. The van der Waals surface area contributed by atoms with E-state index < -0.39 is 12.1 Å². The molecule has 160 valence electrons. The largest absolute Gasteiger partial charge is 0.480 e. The zero-order valence-corrected chi connectivity index (χ0v) is 16.7. The van der Waals surface area contributed by atoms with Gasteiger partial charge in [-0.2, -0.15) is 0 Å². The summed E-state index contributed by atoms with van der Waals surface area (Å²) in [5.74, 6) is -0.570. The number of aliphatic carboxylic acids is 1. The Morgan fingerprint density at radius 3 is 2.27 bits per heavy atom. The Kier molecular flexibility index (Phi) is 7.79. The monoisotopic (exact) mass is 415 g/mol. The number of amides is 1. The summed E-state index contributed by atoms with van der Waals surface area (Å²) in [6.07, 6.45) is 3.24. The fraction of sp³-hybridized carbons (Fsp3) is 0.391. The average molecular weight is 415 g/mol. The number of anilines is 1. The quantitative estimate of drug-likeness (QED) is 0.637. The molecule has 1 aliphatic carbocycles. The average Bonchev–Trinajstić information content (AvgIpc) is 2.73. The van der Waals surface area contributed by atoms with E-state index in [0.29, 0.717) is 30.7 Å². The summed E-state index contributed by atoms with van der Waals surface area (Å²) in [6.45, 7) is 0.564. The van der Waals surface area contributed by atoms with Crippen LogP contribution < -0.4 is 5.32 Å². The lowest BCUT2D eigenvalue weighted by atomic mass is 9.83. The van der Waals surface area contributed by atoms with Gasteiger partial charge in [-0.15, -0.1) is 0 Å². The third-order valence-corrected chi connectivity index (χ3v) is 5.28. The Morgan fingerprint density at radius 1 is 0.967 bits per heavy atom. The first-order valence-corrected chi connectivity index (χ1v) is 10.1. The number of ether oxygens (including phenoxy) is 2. The van der Waals surface area contributed by atoms with Crippen molar-refractivity contribution in [3.8, 4) is 11.1 Å². The van der Waals surface area contributed by atoms with Crippen LogP contribution in [0.2, 0.25) is 0 Å². The molecule has 0 atom stereocenters. The molecule has 3 rings (SSSR count). The predicted molar refractivity (Wildman–Crippen MR) is 111 cm³/mol. The zero-order valence-electron chi connectivity index (χ0n) is 16.7. The van der Waals surface area contributed by atoms with Crippen LogP contribution >= 0.6 is 0 Å². The maximum Gasteiger partial charge on any atom is 0.411 e. The summed E-state index contributed by atoms with van der Waals surface area (Å²) >= 11 is 0. The maximum absolute atomic E-state index is 13.3. The molecule has 0 saturated heterocycles. The molecule has 0 radical (unpaired) electrons. The molecule has 1 amide bonds. The first kappa shape index (κ1) is 21.8. The van der Waals surface area contributed by atoms with Crippen molar-refractivity contribution in [3.63, 3.8) is 0 Å². The van der Waals surface area contributed by atoms with Crippen LogP contribution in [0.5, 0.6) is 0 Å². The van der Waals surface area contributed by atoms with Gasteiger partial charge in [0.25, 0.3) is 0 Å². The molecule has 30 heavy (non-hydrogen) atoms. The van der Waals surface area contributed by atoms with Gasteiger partial charge in [-0.1, -0.05) is 24.3 Å². The molecule has 1 saturated carbocycles. The first-order chi connectivity index (χ1) is 14.5. The Morgan fingerprint density at radius 2 is 1.63 bits per heavy atom. The molecule has 0 spiro atoms. The van der Waals surface area contributed by atoms with E-state index in [4.69, 9.17) is 14.6 Å². The van der Waals surface area contributed by atoms with E-state index in [1.54, 1.807) is 18.2 Å². The van der Waals surface area contributed by atoms with Crippen LogP contribution in [0.25, 0.3) is 11.1 Å². The molecule has 2 N–H and O–H groups in total. The van der Waals surface area contributed by atoms with Crippen LogP contribution in [-0.4, -0.2) is 37.0 Å². The third-order valence-electron chi connectivity index (χ3n) is 5.28. The van der Waals surface area contributed by atoms with E-state index in [-0.39, 0.29) is 12.4 Å². The SMILES string of the molecule is O=C(O)COCC1CCC(COC(=O)Nc2ccc(-c3cccc(F)c3)cc2)CC1. The van der Waals surface area contributed by atoms with Gasteiger partial charge in [-0.05, 0) is 72.9 Å². The Labute approximate surface area is 175 Å². The lowest BCUT2D eigenvalue weighted by Gasteiger charge is -2.27. The van der Waals surface area contributed by atoms with E-state index in [0.717, 1.165) is 36.8 Å². The zero-order chi connectivity index (χ0) is 21.3. The normalized spacial score (nSPS) is 18.6. The van der Waals surface area contributed by atoms with Gasteiger partial charge in [-0.25, -0.2) is 14.0 Å². The van der Waals surface area contributed by atoms with Gasteiger partial charge < -0.3 is 14.6 Å². The molecule has 0 aromatic heterocycles. The number of hydrogen-bond acceptors (Lipinski definition) is 4. The number of carbonyl (C=O) groups excluding carboxylic acids is 1. The molecule has 7 heteroatoms. The number of halogens is 1. The number of rotatable bonds is 8. The van der Waals surface area contributed by atoms with E-state index in [2.05, 4.69) is 5.32 Å². The van der Waals surface area contributed by atoms with Crippen molar-refractivity contribution in [2.24, 2.45) is 11.8 Å². The highest BCUT2D eigenvalue weighted by Gasteiger charge is 2.22. The van der Waals surface area contributed by atoms with E-state index in [1.807, 2.05) is 18.2 Å². The maximum atomic E-state index is 13.3. The van der Waals surface area contributed by atoms with Gasteiger partial charge in [0.2, 0.25) is 0 Å². The minimum Gasteiger partial charge on any atom is -0.480 e. The molecule has 1 fully saturated rings. The van der Waals surface area contributed by atoms with Crippen LogP contribution in [0.15, 0.2) is 48.5 Å². The number of nitrogens with one attached hydrogen (secondary N) is 1. The van der Waals surface area contributed by atoms with Crippen LogP contribution in [0, 0.1) is 17.7 Å². The van der Waals surface area contributed by atoms with Crippen LogP contribution in [-0.2, 0) is 14.3 Å². The molecule has 1 aliphatic rings. The van der Waals surface area contributed by atoms with Crippen molar-refractivity contribution in [3.05, 3.63) is 54.3 Å². The lowest BCUT2D eigenvalue weighted by Crippen LogP contribution is -2.25. The minimum absolute atomic E-state index is 0.258. The molecular weight excluding hydrogens is 389 g/mol. The highest BCUT2D eigenvalue weighted by atomic mass is 19.1. The van der Waals surface area contributed by atoms with Crippen molar-refractivity contribution >= 4 is 17.7 Å². The summed E-state index contributed by atoms with van der Waals surface area (Å²) in [4.78, 5) is 22.5. The second-order valence-corrected chi connectivity index (χ2v) is 7.61. The smallest absolute Gasteiger partial charge is 0.411 e. The van der Waals surface area contributed by atoms with Crippen LogP contribution in [0.1, 0.15) is 25.7 Å². The summed E-state index contributed by atoms with van der Waals surface area (Å²) in [6, 6.07) is 13.5. The summed E-state index contributed by atoms with van der Waals surface area (Å²) in [7, 11) is 0. The topological polar surface area (TPSA) is 84.9 Å². The van der Waals surface area contributed by atoms with Crippen molar-refractivity contribution in [2.45, 2.75) is 25.7 Å². The van der Waals surface area contributed by atoms with Crippen molar-refractivity contribution in [1.29, 1.82) is 0 Å². The van der Waals surface area contributed by atoms with Gasteiger partial charge in [0.05, 0.1) is 13.2 Å². The van der Waals surface area contributed by atoms with Crippen molar-refractivity contribution < 1.29 is 28.6 Å². The van der Waals surface area contributed by atoms with Gasteiger partial charge in [-0.3, -0.25) is 5.32 Å². The van der Waals surface area contributed by atoms with Crippen LogP contribution in [0.4, 0.5) is 14.9 Å². The number of benzene rings is 2. The highest BCUT2D eigenvalue weighted by molar-refractivity contribution is 5.85. The molecule has 0 aliphatic heterocycles. The van der Waals surface area contributed by atoms with Crippen molar-refractivity contribution in [1.82, 2.24) is 0 Å². The second-order valence-electron chi connectivity index (χ2n) is 7.61. The Bertz CT molecular complexity index is 847. The Hall–Kier alpha value is -2.93. The number of carbonyl (C=O) groups is 2. The summed E-state index contributed by atoms with van der Waals surface area (Å²) in [5, 5.41) is 11.3. The number of carboxylic acids is 1. The standard InChI is InChI=1S/C23H26FNO5/c24-20-3-1-2-19(12-20)18-8-10-21(11-9-18)25-23(28)30-14-17-6-4-16(5-7-17)13-29-15-22(26)27/h1-3,8-12,16-17H,4-7,13-15H2,(H,25,28)(H,26,27). The highest BCUT2D eigenvalue weighted by Crippen LogP contribution is 2.29. The second kappa shape index (κ2) is 10.7.